The zero-order chi connectivity index (χ0) is 22.5. The van der Waals surface area contributed by atoms with Crippen LogP contribution in [0.3, 0.4) is 0 Å². The molecule has 0 radical (unpaired) electrons. The van der Waals surface area contributed by atoms with Gasteiger partial charge in [0, 0.05) is 24.5 Å². The lowest BCUT2D eigenvalue weighted by Gasteiger charge is -2.21. The van der Waals surface area contributed by atoms with Gasteiger partial charge in [0.1, 0.15) is 6.04 Å². The largest absolute Gasteiger partial charge is 0.480 e. The van der Waals surface area contributed by atoms with E-state index in [4.69, 9.17) is 0 Å². The van der Waals surface area contributed by atoms with Crippen LogP contribution in [-0.2, 0) is 4.79 Å². The summed E-state index contributed by atoms with van der Waals surface area (Å²) in [5.74, 6) is -0.549. The molecule has 0 aliphatic heterocycles. The first-order chi connectivity index (χ1) is 14.8. The number of aromatic amines is 1. The summed E-state index contributed by atoms with van der Waals surface area (Å²) in [5.41, 5.74) is 3.97. The molecule has 0 aliphatic rings. The third-order valence-corrected chi connectivity index (χ3v) is 5.21. The van der Waals surface area contributed by atoms with Crippen molar-refractivity contribution in [2.45, 2.75) is 33.2 Å². The minimum absolute atomic E-state index is 0.141. The third kappa shape index (κ3) is 5.12. The van der Waals surface area contributed by atoms with Gasteiger partial charge in [0.05, 0.1) is 6.33 Å². The fourth-order valence-electron chi connectivity index (χ4n) is 3.53. The van der Waals surface area contributed by atoms with Crippen LogP contribution in [0.25, 0.3) is 11.1 Å². The maximum atomic E-state index is 13.2. The van der Waals surface area contributed by atoms with Crippen molar-refractivity contribution in [3.8, 4) is 11.1 Å². The zero-order valence-corrected chi connectivity index (χ0v) is 18.2. The highest BCUT2D eigenvalue weighted by atomic mass is 16.4. The van der Waals surface area contributed by atoms with E-state index in [9.17, 15) is 14.7 Å². The number of benzene rings is 2. The molecular weight excluding hydrogens is 392 g/mol. The SMILES string of the molecule is Cc1ccccc1-c1cc(N(C)c2c[nH]cn2)ccc1C(=O)NC(CC(C)C)C(=O)O. The van der Waals surface area contributed by atoms with Crippen molar-refractivity contribution in [3.63, 3.8) is 0 Å². The Morgan fingerprint density at radius 1 is 1.16 bits per heavy atom. The fourth-order valence-corrected chi connectivity index (χ4v) is 3.53. The van der Waals surface area contributed by atoms with Crippen LogP contribution in [-0.4, -0.2) is 40.0 Å². The molecule has 0 saturated heterocycles. The zero-order valence-electron chi connectivity index (χ0n) is 18.2. The molecule has 0 fully saturated rings. The molecule has 31 heavy (non-hydrogen) atoms. The first-order valence-corrected chi connectivity index (χ1v) is 10.2. The van der Waals surface area contributed by atoms with Crippen molar-refractivity contribution >= 4 is 23.4 Å². The van der Waals surface area contributed by atoms with Gasteiger partial charge in [-0.2, -0.15) is 0 Å². The van der Waals surface area contributed by atoms with Gasteiger partial charge >= 0.3 is 5.97 Å². The molecule has 3 rings (SSSR count). The molecule has 162 valence electrons. The second kappa shape index (κ2) is 9.47. The summed E-state index contributed by atoms with van der Waals surface area (Å²) in [4.78, 5) is 33.9. The molecule has 1 heterocycles. The van der Waals surface area contributed by atoms with Crippen LogP contribution in [0.4, 0.5) is 11.5 Å². The number of hydrogen-bond donors (Lipinski definition) is 3. The number of aryl methyl sites for hydroxylation is 1. The quantitative estimate of drug-likeness (QED) is 0.502. The van der Waals surface area contributed by atoms with E-state index in [1.54, 1.807) is 18.6 Å². The Balaban J connectivity index is 2.04. The van der Waals surface area contributed by atoms with Crippen LogP contribution < -0.4 is 10.2 Å². The van der Waals surface area contributed by atoms with Gasteiger partial charge in [-0.15, -0.1) is 0 Å². The minimum atomic E-state index is -1.03. The number of aromatic nitrogens is 2. The Hall–Kier alpha value is -3.61. The number of carboxylic acids is 1. The van der Waals surface area contributed by atoms with E-state index in [2.05, 4.69) is 15.3 Å². The number of nitrogens with one attached hydrogen (secondary N) is 2. The maximum Gasteiger partial charge on any atom is 0.326 e. The van der Waals surface area contributed by atoms with Gasteiger partial charge in [-0.05, 0) is 54.2 Å². The van der Waals surface area contributed by atoms with Crippen molar-refractivity contribution in [2.24, 2.45) is 5.92 Å². The van der Waals surface area contributed by atoms with Gasteiger partial charge in [0.15, 0.2) is 5.82 Å². The second-order valence-corrected chi connectivity index (χ2v) is 8.03. The molecule has 7 nitrogen and oxygen atoms in total. The number of nitrogens with zero attached hydrogens (tertiary/aromatic N) is 2. The molecule has 2 aromatic carbocycles. The summed E-state index contributed by atoms with van der Waals surface area (Å²) in [5, 5.41) is 12.2. The molecule has 0 spiro atoms. The smallest absolute Gasteiger partial charge is 0.326 e. The van der Waals surface area contributed by atoms with Gasteiger partial charge < -0.3 is 20.3 Å². The number of imidazole rings is 1. The summed E-state index contributed by atoms with van der Waals surface area (Å²) in [6, 6.07) is 12.4. The van der Waals surface area contributed by atoms with Crippen LogP contribution >= 0.6 is 0 Å². The molecule has 1 atom stereocenters. The van der Waals surface area contributed by atoms with Crippen molar-refractivity contribution in [3.05, 3.63) is 66.1 Å². The Morgan fingerprint density at radius 3 is 2.52 bits per heavy atom. The van der Waals surface area contributed by atoms with Gasteiger partial charge in [-0.1, -0.05) is 38.1 Å². The van der Waals surface area contributed by atoms with Crippen LogP contribution in [0.5, 0.6) is 0 Å². The van der Waals surface area contributed by atoms with E-state index < -0.39 is 17.9 Å². The van der Waals surface area contributed by atoms with E-state index in [-0.39, 0.29) is 5.92 Å². The molecule has 3 aromatic rings. The molecular formula is C24H28N4O3. The standard InChI is InChI=1S/C24H28N4O3/c1-15(2)11-21(24(30)31)27-23(29)19-10-9-17(28(4)22-13-25-14-26-22)12-20(19)18-8-6-5-7-16(18)3/h5-10,12-15,21H,11H2,1-4H3,(H,25,26)(H,27,29)(H,30,31). The Bertz CT molecular complexity index is 1060. The van der Waals surface area contributed by atoms with E-state index >= 15 is 0 Å². The highest BCUT2D eigenvalue weighted by Gasteiger charge is 2.24. The maximum absolute atomic E-state index is 13.2. The van der Waals surface area contributed by atoms with Crippen molar-refractivity contribution in [1.82, 2.24) is 15.3 Å². The lowest BCUT2D eigenvalue weighted by molar-refractivity contribution is -0.139. The molecule has 1 amide bonds. The number of anilines is 2. The number of carbonyl (C=O) groups is 2. The summed E-state index contributed by atoms with van der Waals surface area (Å²) >= 11 is 0. The summed E-state index contributed by atoms with van der Waals surface area (Å²) in [7, 11) is 1.90. The first-order valence-electron chi connectivity index (χ1n) is 10.2. The summed E-state index contributed by atoms with van der Waals surface area (Å²) < 4.78 is 0. The predicted molar refractivity (Wildman–Crippen MR) is 122 cm³/mol. The van der Waals surface area contributed by atoms with Gasteiger partial charge in [0.2, 0.25) is 0 Å². The Morgan fingerprint density at radius 2 is 1.90 bits per heavy atom. The van der Waals surface area contributed by atoms with Crippen molar-refractivity contribution in [1.29, 1.82) is 0 Å². The number of H-pyrrole nitrogens is 1. The third-order valence-electron chi connectivity index (χ3n) is 5.21. The van der Waals surface area contributed by atoms with Crippen molar-refractivity contribution < 1.29 is 14.7 Å². The van der Waals surface area contributed by atoms with E-state index in [1.165, 1.54) is 0 Å². The number of rotatable bonds is 8. The normalized spacial score (nSPS) is 11.9. The lowest BCUT2D eigenvalue weighted by Crippen LogP contribution is -2.41. The number of carbonyl (C=O) groups excluding carboxylic acids is 1. The predicted octanol–water partition coefficient (Wildman–Crippen LogP) is 4.38. The number of aliphatic carboxylic acids is 1. The Labute approximate surface area is 182 Å². The van der Waals surface area contributed by atoms with Gasteiger partial charge in [0.25, 0.3) is 5.91 Å². The Kier molecular flexibility index (Phi) is 6.74. The van der Waals surface area contributed by atoms with Crippen LogP contribution in [0.1, 0.15) is 36.2 Å². The molecule has 0 saturated carbocycles. The first kappa shape index (κ1) is 22.1. The van der Waals surface area contributed by atoms with E-state index in [0.717, 1.165) is 28.2 Å². The van der Waals surface area contributed by atoms with E-state index in [1.807, 2.05) is 69.1 Å². The minimum Gasteiger partial charge on any atom is -0.480 e. The van der Waals surface area contributed by atoms with Gasteiger partial charge in [-0.3, -0.25) is 4.79 Å². The molecule has 0 bridgehead atoms. The molecule has 1 aromatic heterocycles. The van der Waals surface area contributed by atoms with Crippen molar-refractivity contribution in [2.75, 3.05) is 11.9 Å². The van der Waals surface area contributed by atoms with E-state index in [0.29, 0.717) is 12.0 Å². The number of carboxylic acid groups (broad SMARTS) is 1. The number of hydrogen-bond acceptors (Lipinski definition) is 4. The average Bonchev–Trinajstić information content (AvgIpc) is 3.27. The highest BCUT2D eigenvalue weighted by Crippen LogP contribution is 2.32. The molecule has 7 heteroatoms. The monoisotopic (exact) mass is 420 g/mol. The fraction of sp³-hybridized carbons (Fsp3) is 0.292. The molecule has 0 aliphatic carbocycles. The summed E-state index contributed by atoms with van der Waals surface area (Å²) in [6.07, 6.45) is 3.76. The van der Waals surface area contributed by atoms with Crippen LogP contribution in [0.15, 0.2) is 55.0 Å². The lowest BCUT2D eigenvalue weighted by atomic mass is 9.94. The molecule has 1 unspecified atom stereocenters. The highest BCUT2D eigenvalue weighted by molar-refractivity contribution is 6.03. The van der Waals surface area contributed by atoms with Gasteiger partial charge in [-0.25, -0.2) is 9.78 Å². The molecule has 3 N–H and O–H groups in total. The number of amides is 1. The van der Waals surface area contributed by atoms with Crippen LogP contribution in [0, 0.1) is 12.8 Å². The topological polar surface area (TPSA) is 98.3 Å². The summed E-state index contributed by atoms with van der Waals surface area (Å²) in [6.45, 7) is 5.85. The average molecular weight is 421 g/mol. The second-order valence-electron chi connectivity index (χ2n) is 8.03. The van der Waals surface area contributed by atoms with Crippen LogP contribution in [0.2, 0.25) is 0 Å².